The van der Waals surface area contributed by atoms with Crippen LogP contribution >= 0.6 is 11.3 Å². The lowest BCUT2D eigenvalue weighted by Crippen LogP contribution is -2.17. The number of anilines is 1. The van der Waals surface area contributed by atoms with Gasteiger partial charge in [0.1, 0.15) is 11.9 Å². The van der Waals surface area contributed by atoms with E-state index in [1.54, 1.807) is 12.1 Å². The van der Waals surface area contributed by atoms with Gasteiger partial charge in [0.25, 0.3) is 10.0 Å². The number of thiazole rings is 1. The summed E-state index contributed by atoms with van der Waals surface area (Å²) >= 11 is 1.24. The fourth-order valence-corrected chi connectivity index (χ4v) is 5.65. The standard InChI is InChI=1S/C21H17FN4O4S2/c22-17-7-14(1-4-15(17)9-23)10-26-11-18-19(12-26)31-21(24-18)25-32(29,30)16-5-2-13(3-6-16)8-20(27)28/h1-7H,8,10-12H2,(H,24,25)(H,27,28). The summed E-state index contributed by atoms with van der Waals surface area (Å²) in [6.45, 7) is 1.54. The van der Waals surface area contributed by atoms with Crippen molar-refractivity contribution in [2.45, 2.75) is 31.0 Å². The lowest BCUT2D eigenvalue weighted by atomic mass is 10.1. The van der Waals surface area contributed by atoms with E-state index in [0.717, 1.165) is 16.1 Å². The molecule has 1 aliphatic rings. The van der Waals surface area contributed by atoms with Gasteiger partial charge in [-0.15, -0.1) is 0 Å². The Balaban J connectivity index is 1.40. The first-order valence-corrected chi connectivity index (χ1v) is 11.8. The molecule has 2 aromatic carbocycles. The summed E-state index contributed by atoms with van der Waals surface area (Å²) in [5.74, 6) is -1.54. The largest absolute Gasteiger partial charge is 0.481 e. The Kier molecular flexibility index (Phi) is 5.92. The number of fused-ring (bicyclic) bond motifs is 1. The smallest absolute Gasteiger partial charge is 0.307 e. The molecule has 32 heavy (non-hydrogen) atoms. The van der Waals surface area contributed by atoms with Gasteiger partial charge in [-0.05, 0) is 35.4 Å². The summed E-state index contributed by atoms with van der Waals surface area (Å²) in [5, 5.41) is 17.9. The molecule has 0 aliphatic carbocycles. The number of carboxylic acids is 1. The number of sulfonamides is 1. The van der Waals surface area contributed by atoms with Crippen molar-refractivity contribution in [1.82, 2.24) is 9.88 Å². The normalized spacial score (nSPS) is 13.5. The highest BCUT2D eigenvalue weighted by Gasteiger charge is 2.26. The van der Waals surface area contributed by atoms with Crippen LogP contribution in [0.2, 0.25) is 0 Å². The van der Waals surface area contributed by atoms with Crippen LogP contribution in [0.15, 0.2) is 47.4 Å². The van der Waals surface area contributed by atoms with Gasteiger partial charge in [0.15, 0.2) is 5.13 Å². The second kappa shape index (κ2) is 8.66. The van der Waals surface area contributed by atoms with E-state index in [1.165, 1.54) is 47.7 Å². The fourth-order valence-electron chi connectivity index (χ4n) is 3.40. The minimum absolute atomic E-state index is 0.00407. The number of carboxylic acid groups (broad SMARTS) is 1. The Morgan fingerprint density at radius 3 is 2.56 bits per heavy atom. The Hall–Kier alpha value is -3.33. The van der Waals surface area contributed by atoms with Crippen molar-refractivity contribution in [3.05, 3.63) is 75.5 Å². The second-order valence-electron chi connectivity index (χ2n) is 7.28. The summed E-state index contributed by atoms with van der Waals surface area (Å²) in [6, 6.07) is 12.0. The van der Waals surface area contributed by atoms with Crippen molar-refractivity contribution in [1.29, 1.82) is 5.26 Å². The molecule has 0 spiro atoms. The number of hydrogen-bond donors (Lipinski definition) is 2. The summed E-state index contributed by atoms with van der Waals surface area (Å²) in [5.41, 5.74) is 2.01. The van der Waals surface area contributed by atoms with E-state index in [0.29, 0.717) is 25.2 Å². The van der Waals surface area contributed by atoms with Gasteiger partial charge in [-0.25, -0.2) is 17.8 Å². The predicted octanol–water partition coefficient (Wildman–Crippen LogP) is 3.10. The van der Waals surface area contributed by atoms with Crippen LogP contribution in [-0.4, -0.2) is 29.4 Å². The zero-order valence-electron chi connectivity index (χ0n) is 16.6. The third-order valence-electron chi connectivity index (χ3n) is 4.89. The topological polar surface area (TPSA) is 123 Å². The molecule has 1 aromatic heterocycles. The van der Waals surface area contributed by atoms with Crippen molar-refractivity contribution >= 4 is 32.5 Å². The minimum Gasteiger partial charge on any atom is -0.481 e. The van der Waals surface area contributed by atoms with Gasteiger partial charge in [-0.3, -0.25) is 14.4 Å². The zero-order chi connectivity index (χ0) is 22.9. The van der Waals surface area contributed by atoms with Crippen LogP contribution < -0.4 is 4.72 Å². The highest BCUT2D eigenvalue weighted by molar-refractivity contribution is 7.93. The van der Waals surface area contributed by atoms with Crippen LogP contribution in [0.4, 0.5) is 9.52 Å². The molecule has 4 rings (SSSR count). The molecule has 11 heteroatoms. The van der Waals surface area contributed by atoms with E-state index in [1.807, 2.05) is 0 Å². The number of hydrogen-bond acceptors (Lipinski definition) is 7. The molecule has 8 nitrogen and oxygen atoms in total. The Bertz CT molecular complexity index is 1310. The quantitative estimate of drug-likeness (QED) is 0.542. The van der Waals surface area contributed by atoms with E-state index in [9.17, 15) is 17.6 Å². The number of halogens is 1. The maximum Gasteiger partial charge on any atom is 0.307 e. The first kappa shape index (κ1) is 21.9. The predicted molar refractivity (Wildman–Crippen MR) is 115 cm³/mol. The first-order valence-electron chi connectivity index (χ1n) is 9.46. The molecule has 1 aliphatic heterocycles. The molecule has 2 heterocycles. The number of rotatable bonds is 7. The van der Waals surface area contributed by atoms with Crippen molar-refractivity contribution < 1.29 is 22.7 Å². The summed E-state index contributed by atoms with van der Waals surface area (Å²) < 4.78 is 41.5. The molecule has 0 bridgehead atoms. The van der Waals surface area contributed by atoms with E-state index < -0.39 is 21.8 Å². The molecular formula is C21H17FN4O4S2. The minimum atomic E-state index is -3.85. The molecular weight excluding hydrogens is 455 g/mol. The lowest BCUT2D eigenvalue weighted by molar-refractivity contribution is -0.136. The summed E-state index contributed by atoms with van der Waals surface area (Å²) in [7, 11) is -3.85. The van der Waals surface area contributed by atoms with Crippen LogP contribution in [0.3, 0.4) is 0 Å². The number of aliphatic carboxylic acids is 1. The van der Waals surface area contributed by atoms with Crippen molar-refractivity contribution in [2.24, 2.45) is 0 Å². The molecule has 0 unspecified atom stereocenters. The van der Waals surface area contributed by atoms with E-state index in [2.05, 4.69) is 14.6 Å². The Morgan fingerprint density at radius 1 is 1.22 bits per heavy atom. The molecule has 2 N–H and O–H groups in total. The first-order chi connectivity index (χ1) is 15.2. The monoisotopic (exact) mass is 472 g/mol. The van der Waals surface area contributed by atoms with Crippen molar-refractivity contribution in [2.75, 3.05) is 4.72 Å². The van der Waals surface area contributed by atoms with Crippen LogP contribution in [0.25, 0.3) is 0 Å². The van der Waals surface area contributed by atoms with Gasteiger partial charge in [0.2, 0.25) is 0 Å². The van der Waals surface area contributed by atoms with Crippen LogP contribution in [0.1, 0.15) is 27.3 Å². The fraction of sp³-hybridized carbons (Fsp3) is 0.190. The highest BCUT2D eigenvalue weighted by Crippen LogP contribution is 2.33. The van der Waals surface area contributed by atoms with Crippen molar-refractivity contribution in [3.8, 4) is 6.07 Å². The number of nitriles is 1. The maximum absolute atomic E-state index is 13.8. The molecule has 0 amide bonds. The Morgan fingerprint density at radius 2 is 1.94 bits per heavy atom. The molecule has 164 valence electrons. The molecule has 0 saturated carbocycles. The third kappa shape index (κ3) is 4.77. The zero-order valence-corrected chi connectivity index (χ0v) is 18.2. The van der Waals surface area contributed by atoms with Gasteiger partial charge in [0.05, 0.1) is 22.6 Å². The second-order valence-corrected chi connectivity index (χ2v) is 10.0. The van der Waals surface area contributed by atoms with Gasteiger partial charge in [0, 0.05) is 24.5 Å². The number of nitrogens with one attached hydrogen (secondary N) is 1. The SMILES string of the molecule is N#Cc1ccc(CN2Cc3nc(NS(=O)(=O)c4ccc(CC(=O)O)cc4)sc3C2)cc1F. The molecule has 0 atom stereocenters. The van der Waals surface area contributed by atoms with Crippen LogP contribution in [-0.2, 0) is 40.9 Å². The number of nitrogens with zero attached hydrogens (tertiary/aromatic N) is 3. The van der Waals surface area contributed by atoms with E-state index in [4.69, 9.17) is 10.4 Å². The average Bonchev–Trinajstić information content (AvgIpc) is 3.25. The van der Waals surface area contributed by atoms with Gasteiger partial charge in [-0.2, -0.15) is 5.26 Å². The van der Waals surface area contributed by atoms with E-state index >= 15 is 0 Å². The van der Waals surface area contributed by atoms with E-state index in [-0.39, 0.29) is 22.0 Å². The number of aromatic nitrogens is 1. The molecule has 0 fully saturated rings. The highest BCUT2D eigenvalue weighted by atomic mass is 32.2. The van der Waals surface area contributed by atoms with Gasteiger partial charge < -0.3 is 5.11 Å². The summed E-state index contributed by atoms with van der Waals surface area (Å²) in [6.07, 6.45) is -0.182. The van der Waals surface area contributed by atoms with Crippen LogP contribution in [0, 0.1) is 17.1 Å². The van der Waals surface area contributed by atoms with Gasteiger partial charge >= 0.3 is 5.97 Å². The molecule has 0 radical (unpaired) electrons. The maximum atomic E-state index is 13.8. The summed E-state index contributed by atoms with van der Waals surface area (Å²) in [4.78, 5) is 18.1. The van der Waals surface area contributed by atoms with Crippen molar-refractivity contribution in [3.63, 3.8) is 0 Å². The number of carbonyl (C=O) groups is 1. The Labute approximate surface area is 187 Å². The third-order valence-corrected chi connectivity index (χ3v) is 7.37. The average molecular weight is 473 g/mol. The van der Waals surface area contributed by atoms with Crippen LogP contribution in [0.5, 0.6) is 0 Å². The van der Waals surface area contributed by atoms with Gasteiger partial charge in [-0.1, -0.05) is 29.5 Å². The lowest BCUT2D eigenvalue weighted by Gasteiger charge is -2.15. The molecule has 0 saturated heterocycles. The molecule has 3 aromatic rings. The number of benzene rings is 2.